The van der Waals surface area contributed by atoms with E-state index in [0.29, 0.717) is 17.5 Å². The second kappa shape index (κ2) is 6.53. The third-order valence-corrected chi connectivity index (χ3v) is 4.06. The van der Waals surface area contributed by atoms with Crippen molar-refractivity contribution in [1.82, 2.24) is 0 Å². The van der Waals surface area contributed by atoms with Gasteiger partial charge in [0.05, 0.1) is 11.1 Å². The maximum atomic E-state index is 12.3. The minimum absolute atomic E-state index is 0.00292. The summed E-state index contributed by atoms with van der Waals surface area (Å²) in [5, 5.41) is 10.7. The van der Waals surface area contributed by atoms with Gasteiger partial charge in [-0.25, -0.2) is 4.79 Å². The first kappa shape index (κ1) is 15.1. The Kier molecular flexibility index (Phi) is 4.29. The maximum Gasteiger partial charge on any atom is 0.343 e. The number of aromatic hydroxyl groups is 1. The van der Waals surface area contributed by atoms with Crippen LogP contribution < -0.4 is 5.63 Å². The third-order valence-electron chi connectivity index (χ3n) is 4.06. The van der Waals surface area contributed by atoms with Gasteiger partial charge in [0.15, 0.2) is 0 Å². The van der Waals surface area contributed by atoms with Gasteiger partial charge >= 0.3 is 5.63 Å². The van der Waals surface area contributed by atoms with Crippen molar-refractivity contribution in [2.24, 2.45) is 0 Å². The zero-order valence-corrected chi connectivity index (χ0v) is 12.9. The first-order chi connectivity index (χ1) is 11.2. The summed E-state index contributed by atoms with van der Waals surface area (Å²) in [4.78, 5) is 12.3. The Morgan fingerprint density at radius 3 is 2.22 bits per heavy atom. The van der Waals surface area contributed by atoms with Gasteiger partial charge in [-0.3, -0.25) is 0 Å². The standard InChI is InChI=1S/C20H18O3/c1-2-16(14-9-5-3-6-10-14)18-19(21)17(13-23-20(18)22)15-11-7-4-8-12-15/h3-13,16,21H,2H2,1H3. The highest BCUT2D eigenvalue weighted by Gasteiger charge is 2.23. The molecule has 3 aromatic rings. The van der Waals surface area contributed by atoms with Crippen LogP contribution in [0.15, 0.2) is 76.1 Å². The molecule has 0 saturated carbocycles. The first-order valence-electron chi connectivity index (χ1n) is 7.67. The smallest absolute Gasteiger partial charge is 0.343 e. The lowest BCUT2D eigenvalue weighted by molar-refractivity contribution is 0.432. The highest BCUT2D eigenvalue weighted by molar-refractivity contribution is 5.70. The van der Waals surface area contributed by atoms with Crippen LogP contribution in [0.2, 0.25) is 0 Å². The molecule has 116 valence electrons. The predicted octanol–water partition coefficient (Wildman–Crippen LogP) is 4.55. The van der Waals surface area contributed by atoms with Gasteiger partial charge in [0.1, 0.15) is 12.0 Å². The van der Waals surface area contributed by atoms with Crippen LogP contribution in [0.25, 0.3) is 11.1 Å². The number of hydrogen-bond acceptors (Lipinski definition) is 3. The maximum absolute atomic E-state index is 12.3. The highest BCUT2D eigenvalue weighted by atomic mass is 16.4. The molecule has 2 aromatic carbocycles. The summed E-state index contributed by atoms with van der Waals surface area (Å²) in [5.41, 5.74) is 2.17. The fraction of sp³-hybridized carbons (Fsp3) is 0.150. The van der Waals surface area contributed by atoms with E-state index < -0.39 is 5.63 Å². The van der Waals surface area contributed by atoms with Gasteiger partial charge in [-0.05, 0) is 17.5 Å². The Balaban J connectivity index is 2.17. The Hall–Kier alpha value is -2.81. The van der Waals surface area contributed by atoms with Crippen LogP contribution in [-0.4, -0.2) is 5.11 Å². The van der Waals surface area contributed by atoms with E-state index in [1.165, 1.54) is 6.26 Å². The monoisotopic (exact) mass is 306 g/mol. The summed E-state index contributed by atoms with van der Waals surface area (Å²) in [6.07, 6.45) is 2.02. The molecule has 0 bridgehead atoms. The van der Waals surface area contributed by atoms with E-state index in [1.54, 1.807) is 0 Å². The lowest BCUT2D eigenvalue weighted by atomic mass is 9.88. The molecule has 1 heterocycles. The van der Waals surface area contributed by atoms with Gasteiger partial charge in [0.25, 0.3) is 0 Å². The van der Waals surface area contributed by atoms with E-state index >= 15 is 0 Å². The van der Waals surface area contributed by atoms with E-state index in [-0.39, 0.29) is 11.7 Å². The lowest BCUT2D eigenvalue weighted by Crippen LogP contribution is -2.14. The molecule has 1 atom stereocenters. The van der Waals surface area contributed by atoms with Crippen molar-refractivity contribution >= 4 is 0 Å². The van der Waals surface area contributed by atoms with Crippen LogP contribution in [0.1, 0.15) is 30.4 Å². The quantitative estimate of drug-likeness (QED) is 0.769. The Labute approximate surface area is 134 Å². The average Bonchev–Trinajstić information content (AvgIpc) is 2.60. The second-order valence-electron chi connectivity index (χ2n) is 5.44. The Morgan fingerprint density at radius 2 is 1.61 bits per heavy atom. The molecule has 3 heteroatoms. The van der Waals surface area contributed by atoms with Crippen molar-refractivity contribution in [3.8, 4) is 16.9 Å². The molecule has 1 unspecified atom stereocenters. The van der Waals surface area contributed by atoms with Crippen molar-refractivity contribution in [2.45, 2.75) is 19.3 Å². The van der Waals surface area contributed by atoms with Crippen molar-refractivity contribution in [3.05, 3.63) is 88.5 Å². The van der Waals surface area contributed by atoms with Crippen molar-refractivity contribution in [2.75, 3.05) is 0 Å². The van der Waals surface area contributed by atoms with Gasteiger partial charge in [0.2, 0.25) is 0 Å². The number of benzene rings is 2. The topological polar surface area (TPSA) is 50.4 Å². The van der Waals surface area contributed by atoms with Gasteiger partial charge < -0.3 is 9.52 Å². The van der Waals surface area contributed by atoms with Crippen LogP contribution in [-0.2, 0) is 0 Å². The highest BCUT2D eigenvalue weighted by Crippen LogP contribution is 2.37. The van der Waals surface area contributed by atoms with Crippen molar-refractivity contribution in [3.63, 3.8) is 0 Å². The Morgan fingerprint density at radius 1 is 1.00 bits per heavy atom. The van der Waals surface area contributed by atoms with Crippen molar-refractivity contribution < 1.29 is 9.52 Å². The molecule has 0 aliphatic rings. The van der Waals surface area contributed by atoms with Crippen LogP contribution in [0, 0.1) is 0 Å². The summed E-state index contributed by atoms with van der Waals surface area (Å²) in [7, 11) is 0. The van der Waals surface area contributed by atoms with Crippen LogP contribution in [0.5, 0.6) is 5.75 Å². The molecule has 1 aromatic heterocycles. The van der Waals surface area contributed by atoms with Crippen LogP contribution in [0.3, 0.4) is 0 Å². The summed E-state index contributed by atoms with van der Waals surface area (Å²) < 4.78 is 5.21. The summed E-state index contributed by atoms with van der Waals surface area (Å²) in [6.45, 7) is 1.99. The molecule has 0 aliphatic heterocycles. The number of hydrogen-bond donors (Lipinski definition) is 1. The van der Waals surface area contributed by atoms with E-state index in [1.807, 2.05) is 67.6 Å². The molecule has 0 saturated heterocycles. The molecular weight excluding hydrogens is 288 g/mol. The van der Waals surface area contributed by atoms with E-state index in [2.05, 4.69) is 0 Å². The summed E-state index contributed by atoms with van der Waals surface area (Å²) in [5.74, 6) is -0.195. The molecular formula is C20H18O3. The molecule has 1 N–H and O–H groups in total. The van der Waals surface area contributed by atoms with E-state index in [4.69, 9.17) is 4.42 Å². The average molecular weight is 306 g/mol. The molecule has 0 aliphatic carbocycles. The van der Waals surface area contributed by atoms with Gasteiger partial charge in [-0.2, -0.15) is 0 Å². The molecule has 0 spiro atoms. The van der Waals surface area contributed by atoms with E-state index in [0.717, 1.165) is 11.1 Å². The van der Waals surface area contributed by atoms with Crippen LogP contribution >= 0.6 is 0 Å². The molecule has 3 rings (SSSR count). The Bertz CT molecular complexity index is 836. The minimum Gasteiger partial charge on any atom is -0.507 e. The van der Waals surface area contributed by atoms with Gasteiger partial charge in [0, 0.05) is 5.92 Å². The fourth-order valence-electron chi connectivity index (χ4n) is 2.90. The molecule has 23 heavy (non-hydrogen) atoms. The molecule has 0 radical (unpaired) electrons. The van der Waals surface area contributed by atoms with Gasteiger partial charge in [-0.1, -0.05) is 67.6 Å². The largest absolute Gasteiger partial charge is 0.507 e. The summed E-state index contributed by atoms with van der Waals surface area (Å²) >= 11 is 0. The van der Waals surface area contributed by atoms with E-state index in [9.17, 15) is 9.90 Å². The predicted molar refractivity (Wildman–Crippen MR) is 90.7 cm³/mol. The molecule has 0 fully saturated rings. The first-order valence-corrected chi connectivity index (χ1v) is 7.67. The van der Waals surface area contributed by atoms with Gasteiger partial charge in [-0.15, -0.1) is 0 Å². The molecule has 3 nitrogen and oxygen atoms in total. The number of rotatable bonds is 4. The SMILES string of the molecule is CCC(c1ccccc1)c1c(O)c(-c2ccccc2)coc1=O. The lowest BCUT2D eigenvalue weighted by Gasteiger charge is -2.17. The fourth-order valence-corrected chi connectivity index (χ4v) is 2.90. The van der Waals surface area contributed by atoms with Crippen LogP contribution in [0.4, 0.5) is 0 Å². The minimum atomic E-state index is -0.488. The zero-order chi connectivity index (χ0) is 16.2. The second-order valence-corrected chi connectivity index (χ2v) is 5.44. The summed E-state index contributed by atoms with van der Waals surface area (Å²) in [6, 6.07) is 19.1. The van der Waals surface area contributed by atoms with Crippen molar-refractivity contribution in [1.29, 1.82) is 0 Å². The zero-order valence-electron chi connectivity index (χ0n) is 12.9. The normalized spacial score (nSPS) is 12.0. The molecule has 0 amide bonds. The third kappa shape index (κ3) is 2.90.